The van der Waals surface area contributed by atoms with Gasteiger partial charge in [0.15, 0.2) is 5.79 Å². The van der Waals surface area contributed by atoms with Crippen molar-refractivity contribution in [1.82, 2.24) is 9.80 Å². The van der Waals surface area contributed by atoms with Crippen molar-refractivity contribution in [2.45, 2.75) is 76.5 Å². The van der Waals surface area contributed by atoms with Gasteiger partial charge in [0.2, 0.25) is 0 Å². The molecule has 0 bridgehead atoms. The molecule has 0 aromatic heterocycles. The van der Waals surface area contributed by atoms with Crippen molar-refractivity contribution in [2.75, 3.05) is 0 Å². The number of rotatable bonds is 11. The summed E-state index contributed by atoms with van der Waals surface area (Å²) in [5.41, 5.74) is 4.67. The van der Waals surface area contributed by atoms with Crippen molar-refractivity contribution in [3.8, 4) is 11.8 Å². The molecule has 5 aromatic carbocycles. The molecule has 2 saturated heterocycles. The first-order chi connectivity index (χ1) is 25.3. The van der Waals surface area contributed by atoms with Crippen LogP contribution in [0.15, 0.2) is 133 Å². The third-order valence-electron chi connectivity index (χ3n) is 9.79. The number of amides is 2. The fourth-order valence-electron chi connectivity index (χ4n) is 7.37. The fraction of sp³-hybridized carbons (Fsp3) is 0.273. The molecule has 5 aromatic rings. The second kappa shape index (κ2) is 15.4. The molecule has 8 heteroatoms. The van der Waals surface area contributed by atoms with Crippen molar-refractivity contribution in [2.24, 2.45) is 0 Å². The molecule has 0 aliphatic carbocycles. The summed E-state index contributed by atoms with van der Waals surface area (Å²) in [6.45, 7) is 4.69. The summed E-state index contributed by atoms with van der Waals surface area (Å²) in [6, 6.07) is 43.4. The number of nitriles is 1. The molecular weight excluding hydrogens is 653 g/mol. The van der Waals surface area contributed by atoms with Gasteiger partial charge in [0.1, 0.15) is 36.5 Å². The first kappa shape index (κ1) is 34.9. The van der Waals surface area contributed by atoms with Gasteiger partial charge in [0.25, 0.3) is 0 Å². The van der Waals surface area contributed by atoms with E-state index in [2.05, 4.69) is 24.3 Å². The van der Waals surface area contributed by atoms with Crippen molar-refractivity contribution in [1.29, 1.82) is 5.26 Å². The number of carbonyl (C=O) groups is 1. The number of nitrogens with zero attached hydrogens (tertiary/aromatic N) is 3. The van der Waals surface area contributed by atoms with Gasteiger partial charge >= 0.3 is 6.03 Å². The van der Waals surface area contributed by atoms with Gasteiger partial charge in [0, 0.05) is 13.1 Å². The standard InChI is InChI=1S/C44H42FN3O4/c1-44(2)51-41-39(25-31-13-6-3-7-14-31)47(28-34-19-12-20-37(24-34)50-30-33-17-10-5-11-18-33)43(49)48(29-35-21-22-38(45)36(23-35)27-46)40(42(41)52-44)26-32-15-8-4-9-16-32/h3-24,39-42H,25-26,28-30H2,1-2H3/t39?,40-,41+,42+/m1/s1. The lowest BCUT2D eigenvalue weighted by molar-refractivity contribution is -0.157. The lowest BCUT2D eigenvalue weighted by Gasteiger charge is -2.37. The largest absolute Gasteiger partial charge is 0.489 e. The summed E-state index contributed by atoms with van der Waals surface area (Å²) in [5, 5.41) is 9.65. The maximum absolute atomic E-state index is 15.3. The minimum absolute atomic E-state index is 0.0648. The second-order valence-electron chi connectivity index (χ2n) is 14.0. The smallest absolute Gasteiger partial charge is 0.321 e. The number of halogens is 1. The predicted molar refractivity (Wildman–Crippen MR) is 197 cm³/mol. The van der Waals surface area contributed by atoms with E-state index in [0.29, 0.717) is 30.8 Å². The molecule has 2 heterocycles. The van der Waals surface area contributed by atoms with Gasteiger partial charge in [-0.05, 0) is 78.8 Å². The average molecular weight is 696 g/mol. The van der Waals surface area contributed by atoms with Crippen LogP contribution in [-0.4, -0.2) is 45.9 Å². The summed E-state index contributed by atoms with van der Waals surface area (Å²) in [4.78, 5) is 19.1. The van der Waals surface area contributed by atoms with E-state index in [-0.39, 0.29) is 24.7 Å². The zero-order chi connectivity index (χ0) is 36.1. The summed E-state index contributed by atoms with van der Waals surface area (Å²) in [6.07, 6.45) is 0.0830. The first-order valence-electron chi connectivity index (χ1n) is 17.7. The molecule has 0 spiro atoms. The van der Waals surface area contributed by atoms with Crippen LogP contribution in [0.25, 0.3) is 0 Å². The van der Waals surface area contributed by atoms with E-state index >= 15 is 4.79 Å². The highest BCUT2D eigenvalue weighted by atomic mass is 19.1. The Morgan fingerprint density at radius 2 is 1.17 bits per heavy atom. The molecule has 7 nitrogen and oxygen atoms in total. The van der Waals surface area contributed by atoms with E-state index < -0.39 is 35.9 Å². The van der Waals surface area contributed by atoms with Crippen molar-refractivity contribution in [3.63, 3.8) is 0 Å². The first-order valence-corrected chi connectivity index (χ1v) is 17.7. The highest BCUT2D eigenvalue weighted by molar-refractivity contribution is 5.76. The quantitative estimate of drug-likeness (QED) is 0.139. The Morgan fingerprint density at radius 1 is 0.673 bits per heavy atom. The van der Waals surface area contributed by atoms with E-state index in [0.717, 1.165) is 22.3 Å². The molecule has 52 heavy (non-hydrogen) atoms. The van der Waals surface area contributed by atoms with Crippen molar-refractivity contribution >= 4 is 6.03 Å². The van der Waals surface area contributed by atoms with Crippen molar-refractivity contribution in [3.05, 3.63) is 173 Å². The lowest BCUT2D eigenvalue weighted by Crippen LogP contribution is -2.51. The molecule has 0 N–H and O–H groups in total. The Balaban J connectivity index is 1.31. The Hall–Kier alpha value is -5.49. The normalized spacial score (nSPS) is 20.9. The van der Waals surface area contributed by atoms with Crippen LogP contribution in [0.1, 0.15) is 47.2 Å². The number of hydrogen-bond acceptors (Lipinski definition) is 5. The summed E-state index contributed by atoms with van der Waals surface area (Å²) >= 11 is 0. The Labute approximate surface area is 304 Å². The third-order valence-corrected chi connectivity index (χ3v) is 9.79. The van der Waals surface area contributed by atoms with Gasteiger partial charge in [-0.1, -0.05) is 109 Å². The monoisotopic (exact) mass is 695 g/mol. The Morgan fingerprint density at radius 3 is 1.71 bits per heavy atom. The minimum Gasteiger partial charge on any atom is -0.489 e. The number of urea groups is 1. The molecule has 2 aliphatic rings. The van der Waals surface area contributed by atoms with E-state index in [9.17, 15) is 9.65 Å². The second-order valence-corrected chi connectivity index (χ2v) is 14.0. The average Bonchev–Trinajstić information content (AvgIpc) is 3.47. The SMILES string of the molecule is CC1(C)O[C@H]2[C@@H](Cc3ccccc3)N(Cc3ccc(F)c(C#N)c3)C(=O)N(Cc3cccc(OCc4ccccc4)c3)C(Cc3ccccc3)[C@@H]2O1. The van der Waals surface area contributed by atoms with Gasteiger partial charge in [-0.25, -0.2) is 9.18 Å². The summed E-state index contributed by atoms with van der Waals surface area (Å²) in [7, 11) is 0. The van der Waals surface area contributed by atoms with Crippen LogP contribution in [0, 0.1) is 17.1 Å². The molecule has 264 valence electrons. The maximum Gasteiger partial charge on any atom is 0.321 e. The highest BCUT2D eigenvalue weighted by Gasteiger charge is 2.55. The lowest BCUT2D eigenvalue weighted by atomic mass is 9.91. The molecule has 7 rings (SSSR count). The van der Waals surface area contributed by atoms with Crippen LogP contribution in [0.2, 0.25) is 0 Å². The van der Waals surface area contributed by atoms with Crippen LogP contribution in [0.5, 0.6) is 5.75 Å². The number of ether oxygens (including phenoxy) is 3. The molecule has 2 aliphatic heterocycles. The zero-order valence-corrected chi connectivity index (χ0v) is 29.4. The van der Waals surface area contributed by atoms with Gasteiger partial charge in [0.05, 0.1) is 17.6 Å². The molecule has 1 unspecified atom stereocenters. The van der Waals surface area contributed by atoms with Gasteiger partial charge < -0.3 is 24.0 Å². The summed E-state index contributed by atoms with van der Waals surface area (Å²) in [5.74, 6) is -0.800. The molecule has 0 radical (unpaired) electrons. The number of hydrogen-bond donors (Lipinski definition) is 0. The molecule has 2 fully saturated rings. The van der Waals surface area contributed by atoms with E-state index in [4.69, 9.17) is 14.2 Å². The highest BCUT2D eigenvalue weighted by Crippen LogP contribution is 2.40. The number of carbonyl (C=O) groups excluding carboxylic acids is 1. The van der Waals surface area contributed by atoms with Crippen LogP contribution >= 0.6 is 0 Å². The van der Waals surface area contributed by atoms with Crippen LogP contribution in [-0.2, 0) is 42.0 Å². The zero-order valence-electron chi connectivity index (χ0n) is 29.4. The minimum atomic E-state index is -0.911. The number of fused-ring (bicyclic) bond motifs is 1. The maximum atomic E-state index is 15.3. The molecular formula is C44H42FN3O4. The fourth-order valence-corrected chi connectivity index (χ4v) is 7.37. The molecule has 4 atom stereocenters. The number of benzene rings is 5. The molecule has 0 saturated carbocycles. The topological polar surface area (TPSA) is 75.0 Å². The third kappa shape index (κ3) is 8.02. The Kier molecular flexibility index (Phi) is 10.3. The molecule has 2 amide bonds. The van der Waals surface area contributed by atoms with Gasteiger partial charge in [-0.15, -0.1) is 0 Å². The van der Waals surface area contributed by atoms with E-state index in [1.807, 2.05) is 121 Å². The van der Waals surface area contributed by atoms with Crippen LogP contribution < -0.4 is 4.74 Å². The van der Waals surface area contributed by atoms with E-state index in [1.165, 1.54) is 12.1 Å². The van der Waals surface area contributed by atoms with Gasteiger partial charge in [-0.2, -0.15) is 5.26 Å². The van der Waals surface area contributed by atoms with Gasteiger partial charge in [-0.3, -0.25) is 0 Å². The van der Waals surface area contributed by atoms with Crippen LogP contribution in [0.4, 0.5) is 9.18 Å². The predicted octanol–water partition coefficient (Wildman–Crippen LogP) is 8.46. The van der Waals surface area contributed by atoms with Crippen LogP contribution in [0.3, 0.4) is 0 Å². The van der Waals surface area contributed by atoms with Crippen molar-refractivity contribution < 1.29 is 23.4 Å². The summed E-state index contributed by atoms with van der Waals surface area (Å²) < 4.78 is 34.3. The van der Waals surface area contributed by atoms with E-state index in [1.54, 1.807) is 6.07 Å². The Bertz CT molecular complexity index is 2020.